The summed E-state index contributed by atoms with van der Waals surface area (Å²) in [5.74, 6) is 1.03. The minimum atomic E-state index is -0.145. The largest absolute Gasteiger partial charge is 0.454 e. The Morgan fingerprint density at radius 3 is 2.65 bits per heavy atom. The molecule has 5 heteroatoms. The Balaban J connectivity index is 1.71. The molecule has 0 atom stereocenters. The second-order valence-electron chi connectivity index (χ2n) is 5.99. The van der Waals surface area contributed by atoms with Crippen LogP contribution >= 0.6 is 0 Å². The van der Waals surface area contributed by atoms with Crippen molar-refractivity contribution >= 4 is 11.6 Å². The number of fused-ring (bicyclic) bond motifs is 1. The highest BCUT2D eigenvalue weighted by atomic mass is 16.7. The third-order valence-electron chi connectivity index (χ3n) is 4.28. The zero-order valence-electron chi connectivity index (χ0n) is 11.7. The summed E-state index contributed by atoms with van der Waals surface area (Å²) in [5.41, 5.74) is 7.01. The first kappa shape index (κ1) is 13.1. The van der Waals surface area contributed by atoms with E-state index in [1.165, 1.54) is 25.7 Å². The quantitative estimate of drug-likeness (QED) is 0.831. The summed E-state index contributed by atoms with van der Waals surface area (Å²) in [6, 6.07) is 3.30. The van der Waals surface area contributed by atoms with Gasteiger partial charge in [-0.25, -0.2) is 0 Å². The van der Waals surface area contributed by atoms with Crippen molar-refractivity contribution in [3.8, 4) is 11.5 Å². The summed E-state index contributed by atoms with van der Waals surface area (Å²) >= 11 is 0. The van der Waals surface area contributed by atoms with Crippen LogP contribution in [0, 0.1) is 5.41 Å². The van der Waals surface area contributed by atoms with E-state index in [0.29, 0.717) is 29.3 Å². The van der Waals surface area contributed by atoms with E-state index >= 15 is 0 Å². The molecule has 1 heterocycles. The van der Waals surface area contributed by atoms with Gasteiger partial charge in [0.1, 0.15) is 0 Å². The molecule has 1 aromatic carbocycles. The van der Waals surface area contributed by atoms with Crippen LogP contribution < -0.4 is 20.5 Å². The van der Waals surface area contributed by atoms with E-state index in [9.17, 15) is 4.79 Å². The maximum absolute atomic E-state index is 12.3. The second kappa shape index (κ2) is 4.89. The number of rotatable bonds is 3. The Kier molecular flexibility index (Phi) is 3.20. The van der Waals surface area contributed by atoms with E-state index in [2.05, 4.69) is 12.2 Å². The van der Waals surface area contributed by atoms with Crippen molar-refractivity contribution in [3.63, 3.8) is 0 Å². The summed E-state index contributed by atoms with van der Waals surface area (Å²) in [4.78, 5) is 12.3. The lowest BCUT2D eigenvalue weighted by molar-refractivity contribution is 0.0934. The molecule has 108 valence electrons. The summed E-state index contributed by atoms with van der Waals surface area (Å²) in [5, 5.41) is 3.00. The number of nitrogens with one attached hydrogen (secondary N) is 1. The Hall–Kier alpha value is -1.91. The van der Waals surface area contributed by atoms with Gasteiger partial charge in [0, 0.05) is 18.3 Å². The number of carbonyl (C=O) groups is 1. The van der Waals surface area contributed by atoms with Gasteiger partial charge in [-0.15, -0.1) is 0 Å². The van der Waals surface area contributed by atoms with Crippen LogP contribution in [0.25, 0.3) is 0 Å². The van der Waals surface area contributed by atoms with Gasteiger partial charge in [-0.2, -0.15) is 0 Å². The van der Waals surface area contributed by atoms with Gasteiger partial charge in [0.2, 0.25) is 6.79 Å². The summed E-state index contributed by atoms with van der Waals surface area (Å²) in [6.07, 6.45) is 4.84. The van der Waals surface area contributed by atoms with Gasteiger partial charge in [0.25, 0.3) is 5.91 Å². The third kappa shape index (κ3) is 2.40. The molecule has 0 saturated heterocycles. The number of hydrogen-bond acceptors (Lipinski definition) is 4. The van der Waals surface area contributed by atoms with Gasteiger partial charge in [0.15, 0.2) is 11.5 Å². The lowest BCUT2D eigenvalue weighted by Crippen LogP contribution is -2.34. The number of anilines is 1. The number of hydrogen-bond donors (Lipinski definition) is 2. The number of benzene rings is 1. The molecule has 5 nitrogen and oxygen atoms in total. The van der Waals surface area contributed by atoms with Crippen molar-refractivity contribution in [2.24, 2.45) is 5.41 Å². The van der Waals surface area contributed by atoms with Crippen LogP contribution in [0.15, 0.2) is 12.1 Å². The molecule has 1 aromatic rings. The maximum atomic E-state index is 12.3. The minimum Gasteiger partial charge on any atom is -0.454 e. The van der Waals surface area contributed by atoms with Crippen LogP contribution in [0.5, 0.6) is 11.5 Å². The van der Waals surface area contributed by atoms with E-state index in [0.717, 1.165) is 0 Å². The molecule has 3 rings (SSSR count). The van der Waals surface area contributed by atoms with Crippen molar-refractivity contribution in [2.45, 2.75) is 32.6 Å². The number of ether oxygens (including phenoxy) is 2. The predicted molar refractivity (Wildman–Crippen MR) is 75.9 cm³/mol. The molecule has 0 radical (unpaired) electrons. The Morgan fingerprint density at radius 1 is 1.30 bits per heavy atom. The molecule has 0 unspecified atom stereocenters. The van der Waals surface area contributed by atoms with Gasteiger partial charge in [0.05, 0.1) is 5.56 Å². The average molecular weight is 276 g/mol. The number of nitrogens with two attached hydrogens (primary N) is 1. The average Bonchev–Trinajstić information content (AvgIpc) is 3.04. The molecular weight excluding hydrogens is 256 g/mol. The molecule has 1 saturated carbocycles. The van der Waals surface area contributed by atoms with Crippen LogP contribution in [0.2, 0.25) is 0 Å². The smallest absolute Gasteiger partial charge is 0.253 e. The van der Waals surface area contributed by atoms with Crippen LogP contribution in [-0.2, 0) is 0 Å². The SMILES string of the molecule is CC1(CNC(=O)c2cc3c(cc2N)OCO3)CCCC1. The van der Waals surface area contributed by atoms with Gasteiger partial charge in [-0.3, -0.25) is 4.79 Å². The predicted octanol–water partition coefficient (Wildman–Crippen LogP) is 2.31. The molecule has 20 heavy (non-hydrogen) atoms. The third-order valence-corrected chi connectivity index (χ3v) is 4.28. The topological polar surface area (TPSA) is 73.6 Å². The van der Waals surface area contributed by atoms with Gasteiger partial charge in [-0.05, 0) is 24.3 Å². The van der Waals surface area contributed by atoms with E-state index in [-0.39, 0.29) is 18.1 Å². The Morgan fingerprint density at radius 2 is 1.95 bits per heavy atom. The van der Waals surface area contributed by atoms with Crippen LogP contribution in [0.1, 0.15) is 43.0 Å². The van der Waals surface area contributed by atoms with Crippen molar-refractivity contribution in [2.75, 3.05) is 19.1 Å². The van der Waals surface area contributed by atoms with E-state index in [1.807, 2.05) is 0 Å². The molecule has 1 aliphatic heterocycles. The molecule has 0 aromatic heterocycles. The fourth-order valence-electron chi connectivity index (χ4n) is 2.95. The van der Waals surface area contributed by atoms with Crippen molar-refractivity contribution < 1.29 is 14.3 Å². The fraction of sp³-hybridized carbons (Fsp3) is 0.533. The van der Waals surface area contributed by atoms with Crippen molar-refractivity contribution in [1.29, 1.82) is 0 Å². The fourth-order valence-corrected chi connectivity index (χ4v) is 2.95. The number of nitrogen functional groups attached to an aromatic ring is 1. The molecular formula is C15H20N2O3. The van der Waals surface area contributed by atoms with Gasteiger partial charge < -0.3 is 20.5 Å². The van der Waals surface area contributed by atoms with Gasteiger partial charge in [-0.1, -0.05) is 19.8 Å². The Labute approximate surface area is 118 Å². The van der Waals surface area contributed by atoms with E-state index in [4.69, 9.17) is 15.2 Å². The number of carbonyl (C=O) groups excluding carboxylic acids is 1. The normalized spacial score (nSPS) is 19.1. The molecule has 2 aliphatic rings. The standard InChI is InChI=1S/C15H20N2O3/c1-15(4-2-3-5-15)8-17-14(18)10-6-12-13(7-11(10)16)20-9-19-12/h6-7H,2-5,8-9,16H2,1H3,(H,17,18). The molecule has 1 amide bonds. The zero-order chi connectivity index (χ0) is 14.2. The monoisotopic (exact) mass is 276 g/mol. The van der Waals surface area contributed by atoms with Crippen LogP contribution in [0.3, 0.4) is 0 Å². The van der Waals surface area contributed by atoms with Crippen LogP contribution in [-0.4, -0.2) is 19.2 Å². The van der Waals surface area contributed by atoms with Crippen LogP contribution in [0.4, 0.5) is 5.69 Å². The van der Waals surface area contributed by atoms with Crippen molar-refractivity contribution in [1.82, 2.24) is 5.32 Å². The molecule has 0 spiro atoms. The van der Waals surface area contributed by atoms with Crippen molar-refractivity contribution in [3.05, 3.63) is 17.7 Å². The second-order valence-corrected chi connectivity index (χ2v) is 5.99. The first-order valence-corrected chi connectivity index (χ1v) is 7.05. The zero-order valence-corrected chi connectivity index (χ0v) is 11.7. The Bertz CT molecular complexity index is 536. The first-order valence-electron chi connectivity index (χ1n) is 7.05. The molecule has 3 N–H and O–H groups in total. The van der Waals surface area contributed by atoms with E-state index < -0.39 is 0 Å². The highest BCUT2D eigenvalue weighted by Gasteiger charge is 2.29. The lowest BCUT2D eigenvalue weighted by atomic mass is 9.89. The summed E-state index contributed by atoms with van der Waals surface area (Å²) in [7, 11) is 0. The highest BCUT2D eigenvalue weighted by Crippen LogP contribution is 2.38. The minimum absolute atomic E-state index is 0.145. The summed E-state index contributed by atoms with van der Waals surface area (Å²) in [6.45, 7) is 3.10. The van der Waals surface area contributed by atoms with E-state index in [1.54, 1.807) is 12.1 Å². The summed E-state index contributed by atoms with van der Waals surface area (Å²) < 4.78 is 10.5. The number of amides is 1. The molecule has 1 fully saturated rings. The maximum Gasteiger partial charge on any atom is 0.253 e. The first-order chi connectivity index (χ1) is 9.57. The molecule has 1 aliphatic carbocycles. The molecule has 0 bridgehead atoms. The highest BCUT2D eigenvalue weighted by molar-refractivity contribution is 6.00. The lowest BCUT2D eigenvalue weighted by Gasteiger charge is -2.23. The van der Waals surface area contributed by atoms with Gasteiger partial charge >= 0.3 is 0 Å².